The molecule has 0 fully saturated rings. The molecule has 0 saturated carbocycles. The fourth-order valence-electron chi connectivity index (χ4n) is 2.04. The summed E-state index contributed by atoms with van der Waals surface area (Å²) < 4.78 is 6.86. The van der Waals surface area contributed by atoms with Crippen LogP contribution in [0.25, 0.3) is 5.70 Å². The maximum Gasteiger partial charge on any atom is 0.337 e. The summed E-state index contributed by atoms with van der Waals surface area (Å²) in [6.07, 6.45) is 5.96. The number of hydrogen-bond donors (Lipinski definition) is 1. The molecule has 0 aliphatic heterocycles. The van der Waals surface area contributed by atoms with E-state index in [-0.39, 0.29) is 5.48 Å². The van der Waals surface area contributed by atoms with Gasteiger partial charge in [0.1, 0.15) is 5.75 Å². The Morgan fingerprint density at radius 2 is 1.68 bits per heavy atom. The number of ether oxygens (including phenoxy) is 1. The van der Waals surface area contributed by atoms with Crippen molar-refractivity contribution in [2.75, 3.05) is 7.11 Å². The number of nitrogens with zero attached hydrogens (tertiary/aromatic N) is 1. The fraction of sp³-hybridized carbons (Fsp3) is 0.0556. The van der Waals surface area contributed by atoms with Gasteiger partial charge >= 0.3 is 5.97 Å². The average molecular weight is 343 g/mol. The molecular formula is C18H17NO6. The van der Waals surface area contributed by atoms with Gasteiger partial charge in [-0.3, -0.25) is 0 Å². The first kappa shape index (κ1) is 19.6. The Morgan fingerprint density at radius 1 is 1.08 bits per heavy atom. The van der Waals surface area contributed by atoms with Gasteiger partial charge < -0.3 is 25.2 Å². The molecule has 1 aromatic heterocycles. The van der Waals surface area contributed by atoms with Crippen molar-refractivity contribution in [3.05, 3.63) is 78.1 Å². The van der Waals surface area contributed by atoms with Crippen molar-refractivity contribution in [1.82, 2.24) is 0 Å². The Kier molecular flexibility index (Phi) is 7.05. The van der Waals surface area contributed by atoms with Gasteiger partial charge in [-0.1, -0.05) is 6.07 Å². The highest BCUT2D eigenvalue weighted by molar-refractivity contribution is 6.11. The molecular weight excluding hydrogens is 326 g/mol. The number of rotatable bonds is 6. The Morgan fingerprint density at radius 3 is 2.16 bits per heavy atom. The molecule has 0 radical (unpaired) electrons. The Hall–Kier alpha value is -3.45. The fourth-order valence-corrected chi connectivity index (χ4v) is 2.04. The van der Waals surface area contributed by atoms with E-state index in [0.29, 0.717) is 11.4 Å². The molecule has 7 nitrogen and oxygen atoms in total. The summed E-state index contributed by atoms with van der Waals surface area (Å²) >= 11 is 0. The number of aliphatic carboxylic acids is 2. The van der Waals surface area contributed by atoms with Crippen LogP contribution in [-0.4, -0.2) is 29.6 Å². The van der Waals surface area contributed by atoms with E-state index in [4.69, 9.17) is 9.84 Å². The van der Waals surface area contributed by atoms with Crippen molar-refractivity contribution < 1.29 is 34.6 Å². The zero-order valence-corrected chi connectivity index (χ0v) is 13.4. The molecule has 1 heterocycles. The number of carbonyl (C=O) groups excluding carboxylic acids is 1. The number of pyridine rings is 1. The molecule has 0 amide bonds. The molecule has 3 N–H and O–H groups in total. The van der Waals surface area contributed by atoms with Crippen LogP contribution < -0.4 is 14.4 Å². The molecule has 1 aromatic carbocycles. The van der Waals surface area contributed by atoms with Gasteiger partial charge in [0.05, 0.1) is 18.7 Å². The van der Waals surface area contributed by atoms with E-state index in [2.05, 4.69) is 0 Å². The number of benzene rings is 1. The standard InChI is InChI=1S/C18H15NO5.H2O/c1-24-14-7-5-13(6-8-14)16(19-11-3-2-4-12-19)10-9-15(17(20)21)18(22)23;/h2-12H,1H3,(H-,20,21,22,23);1H2. The molecule has 7 heteroatoms. The van der Waals surface area contributed by atoms with Crippen molar-refractivity contribution in [1.29, 1.82) is 0 Å². The predicted molar refractivity (Wildman–Crippen MR) is 87.3 cm³/mol. The monoisotopic (exact) mass is 343 g/mol. The smallest absolute Gasteiger partial charge is 0.337 e. The number of methoxy groups -OCH3 is 1. The second-order valence-electron chi connectivity index (χ2n) is 4.74. The second kappa shape index (κ2) is 8.99. The van der Waals surface area contributed by atoms with Crippen LogP contribution in [0.3, 0.4) is 0 Å². The maximum absolute atomic E-state index is 11.0. The molecule has 0 saturated heterocycles. The van der Waals surface area contributed by atoms with Crippen LogP contribution in [-0.2, 0) is 9.59 Å². The summed E-state index contributed by atoms with van der Waals surface area (Å²) in [5.74, 6) is -2.63. The van der Waals surface area contributed by atoms with E-state index in [9.17, 15) is 14.7 Å². The van der Waals surface area contributed by atoms with E-state index in [1.165, 1.54) is 6.08 Å². The molecule has 2 aromatic rings. The molecule has 0 spiro atoms. The van der Waals surface area contributed by atoms with Gasteiger partial charge in [0, 0.05) is 23.8 Å². The van der Waals surface area contributed by atoms with E-state index < -0.39 is 17.5 Å². The van der Waals surface area contributed by atoms with Gasteiger partial charge in [-0.05, 0) is 30.3 Å². The summed E-state index contributed by atoms with van der Waals surface area (Å²) in [5, 5.41) is 19.8. The van der Waals surface area contributed by atoms with Gasteiger partial charge in [0.15, 0.2) is 12.4 Å². The lowest BCUT2D eigenvalue weighted by Crippen LogP contribution is -2.32. The zero-order chi connectivity index (χ0) is 17.5. The molecule has 0 bridgehead atoms. The van der Waals surface area contributed by atoms with Crippen LogP contribution >= 0.6 is 0 Å². The third-order valence-corrected chi connectivity index (χ3v) is 3.24. The molecule has 0 atom stereocenters. The summed E-state index contributed by atoms with van der Waals surface area (Å²) in [5.41, 5.74) is 0.530. The van der Waals surface area contributed by atoms with E-state index in [1.54, 1.807) is 60.5 Å². The number of hydrogen-bond acceptors (Lipinski definition) is 4. The van der Waals surface area contributed by atoms with E-state index in [0.717, 1.165) is 11.6 Å². The summed E-state index contributed by atoms with van der Waals surface area (Å²) in [6, 6.07) is 12.5. The lowest BCUT2D eigenvalue weighted by Gasteiger charge is -2.05. The average Bonchev–Trinajstić information content (AvgIpc) is 2.59. The van der Waals surface area contributed by atoms with Crippen molar-refractivity contribution >= 4 is 17.6 Å². The van der Waals surface area contributed by atoms with Gasteiger partial charge in [-0.25, -0.2) is 4.79 Å². The molecule has 2 rings (SSSR count). The number of carboxylic acid groups (broad SMARTS) is 2. The van der Waals surface area contributed by atoms with Gasteiger partial charge in [0.25, 0.3) is 0 Å². The summed E-state index contributed by atoms with van der Waals surface area (Å²) in [6.45, 7) is 0. The first-order valence-corrected chi connectivity index (χ1v) is 7.00. The first-order valence-electron chi connectivity index (χ1n) is 7.00. The minimum Gasteiger partial charge on any atom is -0.545 e. The number of aromatic nitrogens is 1. The first-order chi connectivity index (χ1) is 11.5. The van der Waals surface area contributed by atoms with Crippen LogP contribution in [0.15, 0.2) is 72.6 Å². The van der Waals surface area contributed by atoms with Crippen LogP contribution in [0.4, 0.5) is 0 Å². The van der Waals surface area contributed by atoms with Crippen molar-refractivity contribution in [3.8, 4) is 5.75 Å². The lowest BCUT2D eigenvalue weighted by atomic mass is 10.1. The normalized spacial score (nSPS) is 11.4. The molecule has 0 aliphatic carbocycles. The van der Waals surface area contributed by atoms with Crippen LogP contribution in [0.5, 0.6) is 5.75 Å². The molecule has 130 valence electrons. The van der Waals surface area contributed by atoms with Crippen molar-refractivity contribution in [2.45, 2.75) is 0 Å². The minimum absolute atomic E-state index is 0. The highest BCUT2D eigenvalue weighted by Gasteiger charge is 2.13. The van der Waals surface area contributed by atoms with Crippen LogP contribution in [0, 0.1) is 0 Å². The Balaban J connectivity index is 0.00000312. The highest BCUT2D eigenvalue weighted by atomic mass is 16.5. The predicted octanol–water partition coefficient (Wildman–Crippen LogP) is -0.192. The lowest BCUT2D eigenvalue weighted by molar-refractivity contribution is -0.579. The van der Waals surface area contributed by atoms with Gasteiger partial charge in [-0.15, -0.1) is 0 Å². The van der Waals surface area contributed by atoms with E-state index >= 15 is 0 Å². The third kappa shape index (κ3) is 5.02. The summed E-state index contributed by atoms with van der Waals surface area (Å²) in [7, 11) is 1.55. The maximum atomic E-state index is 11.0. The summed E-state index contributed by atoms with van der Waals surface area (Å²) in [4.78, 5) is 21.9. The van der Waals surface area contributed by atoms with Crippen molar-refractivity contribution in [3.63, 3.8) is 0 Å². The number of carboxylic acids is 2. The molecule has 0 aliphatic rings. The SMILES string of the molecule is COc1ccc(C(=CC=C(C(=O)[O-])C(=O)O)[n+]2ccccc2)cc1.O. The minimum atomic E-state index is -1.74. The molecule has 25 heavy (non-hydrogen) atoms. The topological polar surface area (TPSA) is 122 Å². The Labute approximate surface area is 144 Å². The van der Waals surface area contributed by atoms with Crippen LogP contribution in [0.1, 0.15) is 5.56 Å². The van der Waals surface area contributed by atoms with Crippen LogP contribution in [0.2, 0.25) is 0 Å². The number of allylic oxidation sites excluding steroid dienone is 2. The van der Waals surface area contributed by atoms with Crippen molar-refractivity contribution in [2.24, 2.45) is 0 Å². The second-order valence-corrected chi connectivity index (χ2v) is 4.74. The Bertz CT molecular complexity index is 778. The number of carbonyl (C=O) groups is 2. The van der Waals surface area contributed by atoms with Gasteiger partial charge in [-0.2, -0.15) is 4.57 Å². The van der Waals surface area contributed by atoms with E-state index in [1.807, 2.05) is 6.07 Å². The quantitative estimate of drug-likeness (QED) is 0.256. The zero-order valence-electron chi connectivity index (χ0n) is 13.4. The van der Waals surface area contributed by atoms with Gasteiger partial charge in [0.2, 0.25) is 5.70 Å². The third-order valence-electron chi connectivity index (χ3n) is 3.24. The highest BCUT2D eigenvalue weighted by Crippen LogP contribution is 2.17. The molecule has 0 unspecified atom stereocenters. The largest absolute Gasteiger partial charge is 0.545 e.